The van der Waals surface area contributed by atoms with Gasteiger partial charge in [-0.1, -0.05) is 25.5 Å². The molecule has 0 aromatic heterocycles. The van der Waals surface area contributed by atoms with E-state index in [9.17, 15) is 9.59 Å². The second-order valence-electron chi connectivity index (χ2n) is 5.92. The van der Waals surface area contributed by atoms with E-state index >= 15 is 0 Å². The summed E-state index contributed by atoms with van der Waals surface area (Å²) in [5.41, 5.74) is 0.623. The van der Waals surface area contributed by atoms with E-state index in [-0.39, 0.29) is 5.91 Å². The number of benzene rings is 1. The Balaban J connectivity index is 2.17. The molecular weight excluding hydrogens is 342 g/mol. The maximum Gasteiger partial charge on any atom is 0.316 e. The molecule has 1 amide bonds. The largest absolute Gasteiger partial charge is 0.480 e. The summed E-state index contributed by atoms with van der Waals surface area (Å²) in [6.07, 6.45) is 3.36. The van der Waals surface area contributed by atoms with Gasteiger partial charge in [0.15, 0.2) is 0 Å². The zero-order valence-electron chi connectivity index (χ0n) is 14.2. The summed E-state index contributed by atoms with van der Waals surface area (Å²) >= 11 is 3.16. The highest BCUT2D eigenvalue weighted by Gasteiger charge is 2.25. The number of thioether (sulfide) groups is 2. The van der Waals surface area contributed by atoms with Crippen LogP contribution in [0.1, 0.15) is 43.5 Å². The molecule has 1 aliphatic heterocycles. The van der Waals surface area contributed by atoms with Gasteiger partial charge in [-0.25, -0.2) is 0 Å². The molecule has 1 N–H and O–H groups in total. The Morgan fingerprint density at radius 2 is 2.08 bits per heavy atom. The molecule has 0 bridgehead atoms. The Kier molecular flexibility index (Phi) is 7.49. The third-order valence-electron chi connectivity index (χ3n) is 4.09. The summed E-state index contributed by atoms with van der Waals surface area (Å²) in [6.45, 7) is 5.37. The normalized spacial score (nSPS) is 19.6. The molecule has 6 heteroatoms. The fourth-order valence-corrected chi connectivity index (χ4v) is 4.83. The van der Waals surface area contributed by atoms with Crippen LogP contribution in [-0.2, 0) is 4.79 Å². The predicted molar refractivity (Wildman–Crippen MR) is 101 cm³/mol. The molecule has 1 saturated heterocycles. The van der Waals surface area contributed by atoms with Gasteiger partial charge >= 0.3 is 5.97 Å². The second kappa shape index (κ2) is 9.37. The first kappa shape index (κ1) is 19.2. The van der Waals surface area contributed by atoms with Crippen molar-refractivity contribution in [2.75, 3.05) is 18.8 Å². The van der Waals surface area contributed by atoms with Crippen LogP contribution < -0.4 is 0 Å². The number of carbonyl (C=O) groups is 2. The number of carboxylic acids is 1. The van der Waals surface area contributed by atoms with Gasteiger partial charge < -0.3 is 10.0 Å². The topological polar surface area (TPSA) is 57.6 Å². The van der Waals surface area contributed by atoms with Crippen molar-refractivity contribution in [3.63, 3.8) is 0 Å². The molecule has 1 aliphatic rings. The Hall–Kier alpha value is -1.14. The number of rotatable bonds is 6. The average molecular weight is 368 g/mol. The third-order valence-corrected chi connectivity index (χ3v) is 6.44. The summed E-state index contributed by atoms with van der Waals surface area (Å²) < 4.78 is 0. The molecule has 2 unspecified atom stereocenters. The fourth-order valence-electron chi connectivity index (χ4n) is 2.82. The molecule has 1 aromatic rings. The van der Waals surface area contributed by atoms with E-state index in [4.69, 9.17) is 5.11 Å². The lowest BCUT2D eigenvalue weighted by molar-refractivity contribution is -0.136. The Labute approximate surface area is 152 Å². The summed E-state index contributed by atoms with van der Waals surface area (Å²) in [5.74, 6) is 0.227. The lowest BCUT2D eigenvalue weighted by Gasteiger charge is -2.25. The molecule has 2 atom stereocenters. The van der Waals surface area contributed by atoms with Crippen LogP contribution in [0.15, 0.2) is 29.2 Å². The fraction of sp³-hybridized carbons (Fsp3) is 0.556. The Morgan fingerprint density at radius 3 is 2.79 bits per heavy atom. The standard InChI is InChI=1S/C18H25NO3S2/c1-3-23-14-8-6-7-11-19(12-14)17(20)15-9-4-5-10-16(15)24-13(2)18(21)22/h4-5,9-10,13-14H,3,6-8,11-12H2,1-2H3,(H,21,22). The highest BCUT2D eigenvalue weighted by Crippen LogP contribution is 2.29. The van der Waals surface area contributed by atoms with E-state index in [1.807, 2.05) is 40.9 Å². The van der Waals surface area contributed by atoms with Gasteiger partial charge in [-0.2, -0.15) is 11.8 Å². The van der Waals surface area contributed by atoms with Crippen LogP contribution in [0.25, 0.3) is 0 Å². The van der Waals surface area contributed by atoms with E-state index in [1.54, 1.807) is 6.92 Å². The molecule has 1 aromatic carbocycles. The number of carboxylic acid groups (broad SMARTS) is 1. The molecule has 4 nitrogen and oxygen atoms in total. The van der Waals surface area contributed by atoms with Crippen LogP contribution in [0.3, 0.4) is 0 Å². The van der Waals surface area contributed by atoms with Gasteiger partial charge in [0.2, 0.25) is 0 Å². The van der Waals surface area contributed by atoms with Crippen molar-refractivity contribution in [3.05, 3.63) is 29.8 Å². The van der Waals surface area contributed by atoms with E-state index in [0.29, 0.717) is 10.8 Å². The zero-order valence-corrected chi connectivity index (χ0v) is 15.9. The number of carbonyl (C=O) groups excluding carboxylic acids is 1. The maximum atomic E-state index is 13.0. The van der Waals surface area contributed by atoms with Gasteiger partial charge in [-0.3, -0.25) is 9.59 Å². The Morgan fingerprint density at radius 1 is 1.33 bits per heavy atom. The van der Waals surface area contributed by atoms with E-state index < -0.39 is 11.2 Å². The number of nitrogens with zero attached hydrogens (tertiary/aromatic N) is 1. The number of amides is 1. The van der Waals surface area contributed by atoms with Crippen LogP contribution in [0.2, 0.25) is 0 Å². The average Bonchev–Trinajstić information content (AvgIpc) is 2.80. The van der Waals surface area contributed by atoms with E-state index in [2.05, 4.69) is 6.92 Å². The molecule has 132 valence electrons. The van der Waals surface area contributed by atoms with Gasteiger partial charge in [-0.05, 0) is 37.7 Å². The molecule has 24 heavy (non-hydrogen) atoms. The quantitative estimate of drug-likeness (QED) is 0.770. The van der Waals surface area contributed by atoms with Gasteiger partial charge in [0.05, 0.1) is 5.56 Å². The number of hydrogen-bond donors (Lipinski definition) is 1. The third kappa shape index (κ3) is 5.18. The summed E-state index contributed by atoms with van der Waals surface area (Å²) in [4.78, 5) is 26.9. The molecule has 1 heterocycles. The minimum absolute atomic E-state index is 0.0271. The van der Waals surface area contributed by atoms with Crippen molar-refractivity contribution in [1.29, 1.82) is 0 Å². The number of aliphatic carboxylic acids is 1. The van der Waals surface area contributed by atoms with Gasteiger partial charge in [-0.15, -0.1) is 11.8 Å². The first-order valence-electron chi connectivity index (χ1n) is 8.42. The highest BCUT2D eigenvalue weighted by molar-refractivity contribution is 8.00. The van der Waals surface area contributed by atoms with Crippen LogP contribution in [0.5, 0.6) is 0 Å². The molecule has 0 aliphatic carbocycles. The first-order valence-corrected chi connectivity index (χ1v) is 10.3. The first-order chi connectivity index (χ1) is 11.5. The summed E-state index contributed by atoms with van der Waals surface area (Å²) in [6, 6.07) is 7.35. The van der Waals surface area contributed by atoms with Crippen molar-refractivity contribution in [2.24, 2.45) is 0 Å². The SMILES string of the molecule is CCSC1CCCCN(C(=O)c2ccccc2SC(C)C(=O)O)C1. The monoisotopic (exact) mass is 367 g/mol. The summed E-state index contributed by atoms with van der Waals surface area (Å²) in [7, 11) is 0. The Bertz CT molecular complexity index is 579. The lowest BCUT2D eigenvalue weighted by Crippen LogP contribution is -2.36. The van der Waals surface area contributed by atoms with Crippen molar-refractivity contribution < 1.29 is 14.7 Å². The van der Waals surface area contributed by atoms with E-state index in [0.717, 1.165) is 43.0 Å². The minimum Gasteiger partial charge on any atom is -0.480 e. The molecule has 2 rings (SSSR count). The number of likely N-dealkylation sites (tertiary alicyclic amines) is 1. The molecule has 1 fully saturated rings. The molecule has 0 spiro atoms. The van der Waals surface area contributed by atoms with Crippen molar-refractivity contribution in [2.45, 2.75) is 48.5 Å². The van der Waals surface area contributed by atoms with Crippen molar-refractivity contribution in [1.82, 2.24) is 4.90 Å². The van der Waals surface area contributed by atoms with Crippen LogP contribution >= 0.6 is 23.5 Å². The van der Waals surface area contributed by atoms with Crippen molar-refractivity contribution in [3.8, 4) is 0 Å². The predicted octanol–water partition coefficient (Wildman–Crippen LogP) is 4.00. The van der Waals surface area contributed by atoms with Crippen molar-refractivity contribution >= 4 is 35.4 Å². The second-order valence-corrected chi connectivity index (χ2v) is 8.88. The minimum atomic E-state index is -0.864. The van der Waals surface area contributed by atoms with Gasteiger partial charge in [0.25, 0.3) is 5.91 Å². The van der Waals surface area contributed by atoms with E-state index in [1.165, 1.54) is 11.8 Å². The smallest absolute Gasteiger partial charge is 0.316 e. The van der Waals surface area contributed by atoms with Gasteiger partial charge in [0.1, 0.15) is 5.25 Å². The number of hydrogen-bond acceptors (Lipinski definition) is 4. The summed E-state index contributed by atoms with van der Waals surface area (Å²) in [5, 5.41) is 9.06. The van der Waals surface area contributed by atoms with Gasteiger partial charge in [0, 0.05) is 23.2 Å². The maximum absolute atomic E-state index is 13.0. The van der Waals surface area contributed by atoms with Crippen LogP contribution in [-0.4, -0.2) is 51.2 Å². The van der Waals surface area contributed by atoms with Crippen LogP contribution in [0.4, 0.5) is 0 Å². The molecule has 0 saturated carbocycles. The zero-order chi connectivity index (χ0) is 17.5. The molecular formula is C18H25NO3S2. The van der Waals surface area contributed by atoms with Crippen LogP contribution in [0, 0.1) is 0 Å². The highest BCUT2D eigenvalue weighted by atomic mass is 32.2. The lowest BCUT2D eigenvalue weighted by atomic mass is 10.2. The molecule has 0 radical (unpaired) electrons.